The lowest BCUT2D eigenvalue weighted by Gasteiger charge is -2.27. The van der Waals surface area contributed by atoms with Crippen molar-refractivity contribution in [1.82, 2.24) is 5.43 Å². The number of hydrogen-bond acceptors (Lipinski definition) is 5. The third kappa shape index (κ3) is 5.45. The van der Waals surface area contributed by atoms with Crippen molar-refractivity contribution in [1.29, 1.82) is 0 Å². The number of nitrogens with zero attached hydrogens (tertiary/aromatic N) is 2. The predicted molar refractivity (Wildman–Crippen MR) is 107 cm³/mol. The quantitative estimate of drug-likeness (QED) is 0.562. The molecule has 27 heavy (non-hydrogen) atoms. The summed E-state index contributed by atoms with van der Waals surface area (Å²) >= 11 is 6.02. The number of sulfonamides is 1. The van der Waals surface area contributed by atoms with E-state index in [2.05, 4.69) is 10.5 Å². The van der Waals surface area contributed by atoms with E-state index in [4.69, 9.17) is 16.3 Å². The van der Waals surface area contributed by atoms with E-state index in [-0.39, 0.29) is 0 Å². The predicted octanol–water partition coefficient (Wildman–Crippen LogP) is 2.65. The Hall–Kier alpha value is -2.58. The Kier molecular flexibility index (Phi) is 6.81. The molecule has 2 aromatic rings. The first kappa shape index (κ1) is 20.7. The van der Waals surface area contributed by atoms with Gasteiger partial charge in [0.15, 0.2) is 0 Å². The zero-order valence-corrected chi connectivity index (χ0v) is 16.7. The van der Waals surface area contributed by atoms with Crippen LogP contribution in [0.15, 0.2) is 53.6 Å². The van der Waals surface area contributed by atoms with Crippen molar-refractivity contribution in [2.24, 2.45) is 5.10 Å². The molecule has 0 spiro atoms. The van der Waals surface area contributed by atoms with Gasteiger partial charge in [0.1, 0.15) is 11.8 Å². The number of hydrogen-bond donors (Lipinski definition) is 1. The fourth-order valence-electron chi connectivity index (χ4n) is 2.38. The minimum atomic E-state index is -3.71. The second-order valence-corrected chi connectivity index (χ2v) is 7.96. The first-order valence-corrected chi connectivity index (χ1v) is 10.2. The summed E-state index contributed by atoms with van der Waals surface area (Å²) in [6, 6.07) is 12.3. The monoisotopic (exact) mass is 409 g/mol. The van der Waals surface area contributed by atoms with Crippen LogP contribution in [0.4, 0.5) is 5.69 Å². The third-order valence-corrected chi connectivity index (χ3v) is 5.28. The number of carbonyl (C=O) groups is 1. The second kappa shape index (κ2) is 8.88. The standard InChI is InChI=1S/C18H20ClN3O4S/c1-13(18(23)21-20-12-14-6-4-5-7-17(14)19)22(27(3,24)25)15-8-10-16(26-2)11-9-15/h4-13H,1-3H3,(H,21,23)/b20-12-/t13-/m0/s1. The summed E-state index contributed by atoms with van der Waals surface area (Å²) in [7, 11) is -2.20. The van der Waals surface area contributed by atoms with Crippen LogP contribution in [0.25, 0.3) is 0 Å². The van der Waals surface area contributed by atoms with Crippen molar-refractivity contribution in [3.8, 4) is 5.75 Å². The molecule has 0 bridgehead atoms. The van der Waals surface area contributed by atoms with E-state index in [0.29, 0.717) is 22.0 Å². The van der Waals surface area contributed by atoms with E-state index in [0.717, 1.165) is 10.6 Å². The van der Waals surface area contributed by atoms with Crippen LogP contribution in [0.5, 0.6) is 5.75 Å². The van der Waals surface area contributed by atoms with Crippen molar-refractivity contribution in [2.75, 3.05) is 17.7 Å². The van der Waals surface area contributed by atoms with Crippen molar-refractivity contribution in [3.05, 3.63) is 59.1 Å². The minimum Gasteiger partial charge on any atom is -0.497 e. The summed E-state index contributed by atoms with van der Waals surface area (Å²) in [5, 5.41) is 4.34. The van der Waals surface area contributed by atoms with Gasteiger partial charge in [-0.2, -0.15) is 5.10 Å². The van der Waals surface area contributed by atoms with Crippen LogP contribution in [-0.2, 0) is 14.8 Å². The summed E-state index contributed by atoms with van der Waals surface area (Å²) in [5.74, 6) is -0.00630. The molecule has 1 atom stereocenters. The smallest absolute Gasteiger partial charge is 0.263 e. The van der Waals surface area contributed by atoms with Crippen LogP contribution in [0.2, 0.25) is 5.02 Å². The van der Waals surface area contributed by atoms with Gasteiger partial charge in [0, 0.05) is 10.6 Å². The highest BCUT2D eigenvalue weighted by atomic mass is 35.5. The Morgan fingerprint density at radius 1 is 1.22 bits per heavy atom. The van der Waals surface area contributed by atoms with Gasteiger partial charge in [-0.25, -0.2) is 13.8 Å². The fraction of sp³-hybridized carbons (Fsp3) is 0.222. The van der Waals surface area contributed by atoms with E-state index in [1.807, 2.05) is 0 Å². The number of halogens is 1. The highest BCUT2D eigenvalue weighted by molar-refractivity contribution is 7.92. The molecule has 0 aliphatic carbocycles. The Balaban J connectivity index is 2.18. The number of ether oxygens (including phenoxy) is 1. The van der Waals surface area contributed by atoms with E-state index in [1.165, 1.54) is 20.2 Å². The maximum Gasteiger partial charge on any atom is 0.263 e. The van der Waals surface area contributed by atoms with Gasteiger partial charge in [0.05, 0.1) is 25.3 Å². The highest BCUT2D eigenvalue weighted by Gasteiger charge is 2.29. The number of carbonyl (C=O) groups excluding carboxylic acids is 1. The van der Waals surface area contributed by atoms with Crippen LogP contribution >= 0.6 is 11.6 Å². The number of nitrogens with one attached hydrogen (secondary N) is 1. The SMILES string of the molecule is COc1ccc(N([C@@H](C)C(=O)N/N=C\c2ccccc2Cl)S(C)(=O)=O)cc1. The minimum absolute atomic E-state index is 0.344. The molecular weight excluding hydrogens is 390 g/mol. The Morgan fingerprint density at radius 2 is 1.85 bits per heavy atom. The highest BCUT2D eigenvalue weighted by Crippen LogP contribution is 2.23. The number of anilines is 1. The molecule has 0 radical (unpaired) electrons. The molecule has 1 N–H and O–H groups in total. The largest absolute Gasteiger partial charge is 0.497 e. The normalized spacial score (nSPS) is 12.6. The molecular formula is C18H20ClN3O4S. The van der Waals surface area contributed by atoms with Gasteiger partial charge in [0.2, 0.25) is 10.0 Å². The summed E-state index contributed by atoms with van der Waals surface area (Å²) in [6.07, 6.45) is 2.43. The maximum atomic E-state index is 12.4. The van der Waals surface area contributed by atoms with Crippen LogP contribution in [-0.4, -0.2) is 39.9 Å². The number of hydrazone groups is 1. The van der Waals surface area contributed by atoms with Gasteiger partial charge >= 0.3 is 0 Å². The van der Waals surface area contributed by atoms with Gasteiger partial charge < -0.3 is 4.74 Å². The van der Waals surface area contributed by atoms with E-state index in [1.54, 1.807) is 48.5 Å². The molecule has 2 aromatic carbocycles. The van der Waals surface area contributed by atoms with Crippen LogP contribution in [0, 0.1) is 0 Å². The number of amides is 1. The van der Waals surface area contributed by atoms with Crippen molar-refractivity contribution >= 4 is 39.4 Å². The molecule has 0 fully saturated rings. The Morgan fingerprint density at radius 3 is 2.41 bits per heavy atom. The van der Waals surface area contributed by atoms with Gasteiger partial charge in [0.25, 0.3) is 5.91 Å². The van der Waals surface area contributed by atoms with Crippen LogP contribution < -0.4 is 14.5 Å². The number of rotatable bonds is 7. The van der Waals surface area contributed by atoms with Gasteiger partial charge in [-0.15, -0.1) is 0 Å². The lowest BCUT2D eigenvalue weighted by molar-refractivity contribution is -0.121. The van der Waals surface area contributed by atoms with E-state index >= 15 is 0 Å². The zero-order chi connectivity index (χ0) is 20.0. The molecule has 144 valence electrons. The number of benzene rings is 2. The average Bonchev–Trinajstić information content (AvgIpc) is 2.62. The molecule has 1 amide bonds. The van der Waals surface area contributed by atoms with Crippen LogP contribution in [0.3, 0.4) is 0 Å². The Labute approximate surface area is 163 Å². The molecule has 0 aliphatic heterocycles. The first-order chi connectivity index (χ1) is 12.7. The molecule has 0 saturated carbocycles. The molecule has 9 heteroatoms. The van der Waals surface area contributed by atoms with Gasteiger partial charge in [-0.05, 0) is 37.3 Å². The molecule has 7 nitrogen and oxygen atoms in total. The van der Waals surface area contributed by atoms with Crippen molar-refractivity contribution in [3.63, 3.8) is 0 Å². The van der Waals surface area contributed by atoms with Crippen LogP contribution in [0.1, 0.15) is 12.5 Å². The summed E-state index contributed by atoms with van der Waals surface area (Å²) in [5.41, 5.74) is 3.31. The average molecular weight is 410 g/mol. The first-order valence-electron chi connectivity index (χ1n) is 7.95. The van der Waals surface area contributed by atoms with Gasteiger partial charge in [-0.3, -0.25) is 9.10 Å². The third-order valence-electron chi connectivity index (χ3n) is 3.70. The molecule has 0 aromatic heterocycles. The molecule has 0 heterocycles. The lowest BCUT2D eigenvalue weighted by atomic mass is 10.2. The lowest BCUT2D eigenvalue weighted by Crippen LogP contribution is -2.46. The zero-order valence-electron chi connectivity index (χ0n) is 15.1. The molecule has 0 saturated heterocycles. The molecule has 2 rings (SSSR count). The summed E-state index contributed by atoms with van der Waals surface area (Å²) < 4.78 is 30.6. The Bertz CT molecular complexity index is 930. The maximum absolute atomic E-state index is 12.4. The molecule has 0 aliphatic rings. The topological polar surface area (TPSA) is 88.1 Å². The number of methoxy groups -OCH3 is 1. The summed E-state index contributed by atoms with van der Waals surface area (Å²) in [6.45, 7) is 1.48. The van der Waals surface area contributed by atoms with Crippen molar-refractivity contribution < 1.29 is 17.9 Å². The van der Waals surface area contributed by atoms with Crippen molar-refractivity contribution in [2.45, 2.75) is 13.0 Å². The van der Waals surface area contributed by atoms with Gasteiger partial charge in [-0.1, -0.05) is 29.8 Å². The second-order valence-electron chi connectivity index (χ2n) is 5.69. The van der Waals surface area contributed by atoms with E-state index in [9.17, 15) is 13.2 Å². The summed E-state index contributed by atoms with van der Waals surface area (Å²) in [4.78, 5) is 12.4. The fourth-order valence-corrected chi connectivity index (χ4v) is 3.74. The van der Waals surface area contributed by atoms with E-state index < -0.39 is 22.0 Å². The molecule has 0 unspecified atom stereocenters.